The van der Waals surface area contributed by atoms with Crippen LogP contribution in [-0.2, 0) is 0 Å². The van der Waals surface area contributed by atoms with Crippen LogP contribution in [0.3, 0.4) is 0 Å². The third-order valence-corrected chi connectivity index (χ3v) is 3.19. The van der Waals surface area contributed by atoms with Crippen LogP contribution in [-0.4, -0.2) is 28.6 Å². The summed E-state index contributed by atoms with van der Waals surface area (Å²) in [6.45, 7) is 4.72. The summed E-state index contributed by atoms with van der Waals surface area (Å²) in [5, 5.41) is 6.20. The van der Waals surface area contributed by atoms with Gasteiger partial charge < -0.3 is 15.4 Å². The lowest BCUT2D eigenvalue weighted by Gasteiger charge is -2.10. The molecule has 0 radical (unpaired) electrons. The molecule has 1 aromatic heterocycles. The number of ether oxygens (including phenoxy) is 1. The molecule has 20 heavy (non-hydrogen) atoms. The highest BCUT2D eigenvalue weighted by Gasteiger charge is 2.08. The fourth-order valence-electron chi connectivity index (χ4n) is 1.60. The number of hydrogen-bond donors (Lipinski definition) is 2. The van der Waals surface area contributed by atoms with Gasteiger partial charge in [0.05, 0.1) is 12.8 Å². The van der Waals surface area contributed by atoms with E-state index in [9.17, 15) is 0 Å². The fourth-order valence-corrected chi connectivity index (χ4v) is 1.94. The van der Waals surface area contributed by atoms with E-state index < -0.39 is 0 Å². The Kier molecular flexibility index (Phi) is 4.73. The molecule has 0 saturated carbocycles. The number of anilines is 3. The van der Waals surface area contributed by atoms with Crippen LogP contribution in [0.1, 0.15) is 12.5 Å². The summed E-state index contributed by atoms with van der Waals surface area (Å²) in [5.41, 5.74) is 2.03. The number of benzene rings is 1. The third-order valence-electron chi connectivity index (χ3n) is 2.50. The standard InChI is InChI=1S/C13H16BrN5O/c1-4-15-11-17-12(19-13(18-11)20-3)16-10-7-8(2)5-6-9(10)14/h5-7H,4H2,1-3H3,(H2,15,16,17,18,19). The SMILES string of the molecule is CCNc1nc(Nc2cc(C)ccc2Br)nc(OC)n1. The molecule has 0 saturated heterocycles. The molecule has 0 spiro atoms. The van der Waals surface area contributed by atoms with Crippen molar-refractivity contribution in [3.63, 3.8) is 0 Å². The number of nitrogens with one attached hydrogen (secondary N) is 2. The Labute approximate surface area is 126 Å². The first-order valence-electron chi connectivity index (χ1n) is 6.19. The molecule has 0 amide bonds. The van der Waals surface area contributed by atoms with Gasteiger partial charge in [0.1, 0.15) is 0 Å². The molecule has 0 atom stereocenters. The van der Waals surface area contributed by atoms with Crippen LogP contribution in [0, 0.1) is 6.92 Å². The second-order valence-electron chi connectivity index (χ2n) is 4.11. The maximum Gasteiger partial charge on any atom is 0.322 e. The van der Waals surface area contributed by atoms with E-state index in [1.807, 2.05) is 32.0 Å². The van der Waals surface area contributed by atoms with Gasteiger partial charge in [-0.05, 0) is 47.5 Å². The number of nitrogens with zero attached hydrogens (tertiary/aromatic N) is 3. The van der Waals surface area contributed by atoms with Crippen molar-refractivity contribution >= 4 is 33.5 Å². The molecule has 1 aromatic carbocycles. The topological polar surface area (TPSA) is 72.0 Å². The number of aromatic nitrogens is 3. The molecule has 0 unspecified atom stereocenters. The summed E-state index contributed by atoms with van der Waals surface area (Å²) in [4.78, 5) is 12.6. The zero-order chi connectivity index (χ0) is 14.5. The lowest BCUT2D eigenvalue weighted by atomic mass is 10.2. The van der Waals surface area contributed by atoms with Crippen molar-refractivity contribution < 1.29 is 4.74 Å². The molecule has 2 aromatic rings. The highest BCUT2D eigenvalue weighted by molar-refractivity contribution is 9.10. The average Bonchev–Trinajstić information content (AvgIpc) is 2.43. The third kappa shape index (κ3) is 3.57. The second-order valence-corrected chi connectivity index (χ2v) is 4.96. The van der Waals surface area contributed by atoms with E-state index in [0.29, 0.717) is 11.9 Å². The van der Waals surface area contributed by atoms with Gasteiger partial charge in [0.25, 0.3) is 0 Å². The number of halogens is 1. The van der Waals surface area contributed by atoms with Crippen LogP contribution in [0.4, 0.5) is 17.6 Å². The van der Waals surface area contributed by atoms with Crippen LogP contribution in [0.5, 0.6) is 6.01 Å². The predicted octanol–water partition coefficient (Wildman–Crippen LogP) is 3.13. The Morgan fingerprint density at radius 1 is 1.20 bits per heavy atom. The van der Waals surface area contributed by atoms with Gasteiger partial charge in [-0.15, -0.1) is 0 Å². The molecule has 0 aliphatic heterocycles. The zero-order valence-corrected chi connectivity index (χ0v) is 13.2. The van der Waals surface area contributed by atoms with Crippen LogP contribution < -0.4 is 15.4 Å². The summed E-state index contributed by atoms with van der Waals surface area (Å²) in [7, 11) is 1.53. The van der Waals surface area contributed by atoms with E-state index in [4.69, 9.17) is 4.74 Å². The Morgan fingerprint density at radius 2 is 1.95 bits per heavy atom. The van der Waals surface area contributed by atoms with Gasteiger partial charge in [-0.1, -0.05) is 6.07 Å². The maximum atomic E-state index is 5.08. The number of methoxy groups -OCH3 is 1. The summed E-state index contributed by atoms with van der Waals surface area (Å²) >= 11 is 3.49. The van der Waals surface area contributed by atoms with Crippen molar-refractivity contribution in [2.45, 2.75) is 13.8 Å². The van der Waals surface area contributed by atoms with E-state index in [1.54, 1.807) is 0 Å². The van der Waals surface area contributed by atoms with Crippen LogP contribution in [0.15, 0.2) is 22.7 Å². The van der Waals surface area contributed by atoms with Gasteiger partial charge in [0.15, 0.2) is 0 Å². The normalized spacial score (nSPS) is 10.2. The Balaban J connectivity index is 2.32. The van der Waals surface area contributed by atoms with E-state index in [1.165, 1.54) is 7.11 Å². The van der Waals surface area contributed by atoms with Gasteiger partial charge in [-0.2, -0.15) is 15.0 Å². The smallest absolute Gasteiger partial charge is 0.322 e. The van der Waals surface area contributed by atoms with Gasteiger partial charge in [-0.25, -0.2) is 0 Å². The van der Waals surface area contributed by atoms with Crippen molar-refractivity contribution in [2.24, 2.45) is 0 Å². The number of hydrogen-bond acceptors (Lipinski definition) is 6. The Morgan fingerprint density at radius 3 is 2.65 bits per heavy atom. The predicted molar refractivity (Wildman–Crippen MR) is 82.7 cm³/mol. The number of aryl methyl sites for hydroxylation is 1. The monoisotopic (exact) mass is 337 g/mol. The molecule has 0 fully saturated rings. The lowest BCUT2D eigenvalue weighted by Crippen LogP contribution is -2.08. The summed E-state index contributed by atoms with van der Waals surface area (Å²) < 4.78 is 6.02. The molecule has 2 rings (SSSR count). The van der Waals surface area contributed by atoms with Gasteiger partial charge in [-0.3, -0.25) is 0 Å². The molecular weight excluding hydrogens is 322 g/mol. The largest absolute Gasteiger partial charge is 0.467 e. The first-order valence-corrected chi connectivity index (χ1v) is 6.98. The molecule has 0 bridgehead atoms. The minimum absolute atomic E-state index is 0.266. The minimum atomic E-state index is 0.266. The van der Waals surface area contributed by atoms with Crippen LogP contribution >= 0.6 is 15.9 Å². The van der Waals surface area contributed by atoms with Gasteiger partial charge in [0, 0.05) is 11.0 Å². The lowest BCUT2D eigenvalue weighted by molar-refractivity contribution is 0.379. The van der Waals surface area contributed by atoms with E-state index in [-0.39, 0.29) is 6.01 Å². The average molecular weight is 338 g/mol. The minimum Gasteiger partial charge on any atom is -0.467 e. The fraction of sp³-hybridized carbons (Fsp3) is 0.308. The summed E-state index contributed by atoms with van der Waals surface area (Å²) in [6.07, 6.45) is 0. The van der Waals surface area contributed by atoms with Crippen LogP contribution in [0.2, 0.25) is 0 Å². The van der Waals surface area contributed by atoms with Crippen molar-refractivity contribution in [2.75, 3.05) is 24.3 Å². The summed E-state index contributed by atoms with van der Waals surface area (Å²) in [5.74, 6) is 0.907. The molecule has 0 aliphatic rings. The first kappa shape index (κ1) is 14.5. The van der Waals surface area contributed by atoms with E-state index in [2.05, 4.69) is 41.5 Å². The van der Waals surface area contributed by atoms with Crippen molar-refractivity contribution in [3.05, 3.63) is 28.2 Å². The Bertz CT molecular complexity index is 605. The molecule has 106 valence electrons. The van der Waals surface area contributed by atoms with Crippen molar-refractivity contribution in [3.8, 4) is 6.01 Å². The first-order chi connectivity index (χ1) is 9.62. The quantitative estimate of drug-likeness (QED) is 0.873. The molecule has 2 N–H and O–H groups in total. The molecular formula is C13H16BrN5O. The molecule has 7 heteroatoms. The van der Waals surface area contributed by atoms with Gasteiger partial charge in [0.2, 0.25) is 11.9 Å². The second kappa shape index (κ2) is 6.51. The summed E-state index contributed by atoms with van der Waals surface area (Å²) in [6, 6.07) is 6.27. The molecule has 1 heterocycles. The highest BCUT2D eigenvalue weighted by Crippen LogP contribution is 2.26. The highest BCUT2D eigenvalue weighted by atomic mass is 79.9. The van der Waals surface area contributed by atoms with Crippen molar-refractivity contribution in [1.29, 1.82) is 0 Å². The van der Waals surface area contributed by atoms with Gasteiger partial charge >= 0.3 is 6.01 Å². The molecule has 6 nitrogen and oxygen atoms in total. The van der Waals surface area contributed by atoms with E-state index >= 15 is 0 Å². The van der Waals surface area contributed by atoms with Crippen molar-refractivity contribution in [1.82, 2.24) is 15.0 Å². The van der Waals surface area contributed by atoms with Crippen LogP contribution in [0.25, 0.3) is 0 Å². The maximum absolute atomic E-state index is 5.08. The number of rotatable bonds is 5. The zero-order valence-electron chi connectivity index (χ0n) is 11.6. The Hall–Kier alpha value is -1.89. The van der Waals surface area contributed by atoms with E-state index in [0.717, 1.165) is 22.3 Å². The molecule has 0 aliphatic carbocycles.